The number of carbonyl (C=O) groups excluding carboxylic acids is 2. The van der Waals surface area contributed by atoms with Crippen LogP contribution in [0.15, 0.2) is 40.7 Å². The van der Waals surface area contributed by atoms with Gasteiger partial charge in [0.05, 0.1) is 5.69 Å². The van der Waals surface area contributed by atoms with E-state index in [9.17, 15) is 18.0 Å². The third-order valence-electron chi connectivity index (χ3n) is 4.98. The summed E-state index contributed by atoms with van der Waals surface area (Å²) in [6.07, 6.45) is 4.31. The van der Waals surface area contributed by atoms with Gasteiger partial charge in [-0.1, -0.05) is 12.5 Å². The summed E-state index contributed by atoms with van der Waals surface area (Å²) in [5, 5.41) is 1.56. The Kier molecular flexibility index (Phi) is 5.58. The van der Waals surface area contributed by atoms with E-state index in [2.05, 4.69) is 15.8 Å². The molecule has 1 aliphatic heterocycles. The molecule has 0 aliphatic carbocycles. The number of imidazole rings is 1. The third kappa shape index (κ3) is 3.71. The van der Waals surface area contributed by atoms with E-state index in [1.165, 1.54) is 10.4 Å². The van der Waals surface area contributed by atoms with Crippen molar-refractivity contribution in [2.75, 3.05) is 13.1 Å². The monoisotopic (exact) mass is 447 g/mol. The molecule has 3 aromatic heterocycles. The van der Waals surface area contributed by atoms with Gasteiger partial charge in [-0.05, 0) is 43.3 Å². The van der Waals surface area contributed by atoms with Gasteiger partial charge >= 0.3 is 0 Å². The fraction of sp³-hybridized carbons (Fsp3) is 0.316. The van der Waals surface area contributed by atoms with E-state index >= 15 is 0 Å². The standard InChI is InChI=1S/C19H21N5O4S2/c1-13-16(24-11-6-3-7-15(24)20-13)18(25)21-22-19(26)17-14(8-12-29-17)30(27,28)23-9-4-2-5-10-23/h3,6-8,11-12H,2,4-5,9-10H2,1H3,(H,21,25)(H,22,26). The number of sulfonamides is 1. The summed E-state index contributed by atoms with van der Waals surface area (Å²) < 4.78 is 28.9. The number of amides is 2. The number of carbonyl (C=O) groups is 2. The summed E-state index contributed by atoms with van der Waals surface area (Å²) in [6.45, 7) is 2.60. The Morgan fingerprint density at radius 1 is 1.07 bits per heavy atom. The predicted molar refractivity (Wildman–Crippen MR) is 112 cm³/mol. The summed E-state index contributed by atoms with van der Waals surface area (Å²) in [5.41, 5.74) is 6.10. The molecule has 30 heavy (non-hydrogen) atoms. The first-order valence-electron chi connectivity index (χ1n) is 9.51. The number of hydrazine groups is 1. The van der Waals surface area contributed by atoms with Gasteiger partial charge in [-0.15, -0.1) is 11.3 Å². The first-order chi connectivity index (χ1) is 14.4. The van der Waals surface area contributed by atoms with E-state index < -0.39 is 21.8 Å². The zero-order valence-electron chi connectivity index (χ0n) is 16.3. The van der Waals surface area contributed by atoms with Crippen molar-refractivity contribution in [2.45, 2.75) is 31.1 Å². The number of pyridine rings is 1. The average molecular weight is 448 g/mol. The zero-order chi connectivity index (χ0) is 21.3. The van der Waals surface area contributed by atoms with Crippen molar-refractivity contribution < 1.29 is 18.0 Å². The molecular formula is C19H21N5O4S2. The van der Waals surface area contributed by atoms with Gasteiger partial charge in [-0.2, -0.15) is 4.31 Å². The second kappa shape index (κ2) is 8.17. The van der Waals surface area contributed by atoms with Gasteiger partial charge in [0, 0.05) is 19.3 Å². The fourth-order valence-corrected chi connectivity index (χ4v) is 6.34. The largest absolute Gasteiger partial charge is 0.295 e. The quantitative estimate of drug-likeness (QED) is 0.594. The number of thiophene rings is 1. The number of aryl methyl sites for hydroxylation is 1. The molecule has 158 valence electrons. The van der Waals surface area contributed by atoms with Gasteiger partial charge in [-0.25, -0.2) is 13.4 Å². The second-order valence-electron chi connectivity index (χ2n) is 6.96. The van der Waals surface area contributed by atoms with Crippen molar-refractivity contribution >= 4 is 38.8 Å². The minimum absolute atomic E-state index is 0.0351. The lowest BCUT2D eigenvalue weighted by Crippen LogP contribution is -2.43. The van der Waals surface area contributed by atoms with Crippen LogP contribution in [-0.2, 0) is 10.0 Å². The SMILES string of the molecule is Cc1nc2ccccn2c1C(=O)NNC(=O)c1sccc1S(=O)(=O)N1CCCCC1. The molecule has 1 fully saturated rings. The molecule has 1 aliphatic rings. The lowest BCUT2D eigenvalue weighted by molar-refractivity contribution is 0.0843. The van der Waals surface area contributed by atoms with Crippen molar-refractivity contribution in [3.8, 4) is 0 Å². The molecule has 2 amide bonds. The topological polar surface area (TPSA) is 113 Å². The van der Waals surface area contributed by atoms with Gasteiger partial charge in [0.2, 0.25) is 10.0 Å². The lowest BCUT2D eigenvalue weighted by atomic mass is 10.2. The highest BCUT2D eigenvalue weighted by Crippen LogP contribution is 2.27. The number of hydrogen-bond acceptors (Lipinski definition) is 6. The third-order valence-corrected chi connectivity index (χ3v) is 7.96. The molecule has 3 aromatic rings. The Morgan fingerprint density at radius 2 is 1.80 bits per heavy atom. The Labute approximate surface area is 177 Å². The Balaban J connectivity index is 1.51. The van der Waals surface area contributed by atoms with Crippen molar-refractivity contribution in [2.24, 2.45) is 0 Å². The molecule has 0 spiro atoms. The van der Waals surface area contributed by atoms with Crippen LogP contribution in [0.5, 0.6) is 0 Å². The molecule has 2 N–H and O–H groups in total. The Morgan fingerprint density at radius 3 is 2.57 bits per heavy atom. The summed E-state index contributed by atoms with van der Waals surface area (Å²) in [7, 11) is -3.76. The van der Waals surface area contributed by atoms with Crippen LogP contribution in [0, 0.1) is 6.92 Å². The van der Waals surface area contributed by atoms with Crippen LogP contribution in [-0.4, -0.2) is 47.0 Å². The lowest BCUT2D eigenvalue weighted by Gasteiger charge is -2.25. The van der Waals surface area contributed by atoms with E-state index in [4.69, 9.17) is 0 Å². The van der Waals surface area contributed by atoms with Gasteiger partial charge < -0.3 is 0 Å². The van der Waals surface area contributed by atoms with Crippen molar-refractivity contribution in [3.05, 3.63) is 52.1 Å². The van der Waals surface area contributed by atoms with Crippen LogP contribution in [0.2, 0.25) is 0 Å². The zero-order valence-corrected chi connectivity index (χ0v) is 17.9. The summed E-state index contributed by atoms with van der Waals surface area (Å²) in [4.78, 5) is 29.6. The highest BCUT2D eigenvalue weighted by Gasteiger charge is 2.31. The van der Waals surface area contributed by atoms with E-state index in [1.54, 1.807) is 35.0 Å². The highest BCUT2D eigenvalue weighted by molar-refractivity contribution is 7.89. The van der Waals surface area contributed by atoms with Crippen LogP contribution < -0.4 is 10.9 Å². The van der Waals surface area contributed by atoms with E-state index in [1.807, 2.05) is 6.07 Å². The number of nitrogens with one attached hydrogen (secondary N) is 2. The second-order valence-corrected chi connectivity index (χ2v) is 9.78. The van der Waals surface area contributed by atoms with Crippen LogP contribution in [0.1, 0.15) is 45.1 Å². The van der Waals surface area contributed by atoms with Crippen LogP contribution >= 0.6 is 11.3 Å². The van der Waals surface area contributed by atoms with Gasteiger partial charge in [-0.3, -0.25) is 24.8 Å². The number of piperidine rings is 1. The first kappa shape index (κ1) is 20.5. The van der Waals surface area contributed by atoms with Gasteiger partial charge in [0.25, 0.3) is 11.8 Å². The number of hydrogen-bond donors (Lipinski definition) is 2. The molecule has 0 radical (unpaired) electrons. The van der Waals surface area contributed by atoms with E-state index in [0.717, 1.165) is 30.6 Å². The number of nitrogens with zero attached hydrogens (tertiary/aromatic N) is 3. The van der Waals surface area contributed by atoms with Crippen molar-refractivity contribution in [1.82, 2.24) is 24.5 Å². The van der Waals surface area contributed by atoms with Gasteiger partial charge in [0.15, 0.2) is 0 Å². The maximum Gasteiger partial charge on any atom is 0.288 e. The Bertz CT molecular complexity index is 1210. The summed E-state index contributed by atoms with van der Waals surface area (Å²) in [6, 6.07) is 6.78. The first-order valence-corrected chi connectivity index (χ1v) is 11.8. The minimum atomic E-state index is -3.76. The molecular weight excluding hydrogens is 426 g/mol. The molecule has 0 aromatic carbocycles. The van der Waals surface area contributed by atoms with E-state index in [-0.39, 0.29) is 9.77 Å². The van der Waals surface area contributed by atoms with Gasteiger partial charge in [0.1, 0.15) is 21.1 Å². The predicted octanol–water partition coefficient (Wildman–Crippen LogP) is 1.95. The molecule has 0 saturated carbocycles. The minimum Gasteiger partial charge on any atom is -0.295 e. The highest BCUT2D eigenvalue weighted by atomic mass is 32.2. The maximum atomic E-state index is 12.9. The normalized spacial score (nSPS) is 15.2. The average Bonchev–Trinajstić information content (AvgIpc) is 3.37. The maximum absolute atomic E-state index is 12.9. The smallest absolute Gasteiger partial charge is 0.288 e. The molecule has 0 atom stereocenters. The molecule has 0 bridgehead atoms. The molecule has 4 rings (SSSR count). The van der Waals surface area contributed by atoms with Crippen LogP contribution in [0.4, 0.5) is 0 Å². The van der Waals surface area contributed by atoms with E-state index in [0.29, 0.717) is 30.1 Å². The van der Waals surface area contributed by atoms with Crippen LogP contribution in [0.3, 0.4) is 0 Å². The fourth-order valence-electron chi connectivity index (χ4n) is 3.53. The van der Waals surface area contributed by atoms with Crippen LogP contribution in [0.25, 0.3) is 5.65 Å². The number of fused-ring (bicyclic) bond motifs is 1. The number of aromatic nitrogens is 2. The number of rotatable bonds is 4. The molecule has 4 heterocycles. The molecule has 0 unspecified atom stereocenters. The molecule has 1 saturated heterocycles. The molecule has 9 nitrogen and oxygen atoms in total. The Hall–Kier alpha value is -2.76. The van der Waals surface area contributed by atoms with Crippen molar-refractivity contribution in [3.63, 3.8) is 0 Å². The summed E-state index contributed by atoms with van der Waals surface area (Å²) >= 11 is 1.02. The molecule has 11 heteroatoms. The van der Waals surface area contributed by atoms with Crippen molar-refractivity contribution in [1.29, 1.82) is 0 Å². The summed E-state index contributed by atoms with van der Waals surface area (Å²) in [5.74, 6) is -1.23.